The van der Waals surface area contributed by atoms with E-state index in [1.807, 2.05) is 0 Å². The van der Waals surface area contributed by atoms with Gasteiger partial charge >= 0.3 is 0 Å². The Balaban J connectivity index is 2.46. The molecule has 2 unspecified atom stereocenters. The Bertz CT molecular complexity index is 420. The summed E-state index contributed by atoms with van der Waals surface area (Å²) in [5, 5.41) is 67.7. The highest BCUT2D eigenvalue weighted by molar-refractivity contribution is 5.02. The first-order valence-corrected chi connectivity index (χ1v) is 8.17. The second-order valence-electron chi connectivity index (χ2n) is 6.91. The van der Waals surface area contributed by atoms with Gasteiger partial charge in [0, 0.05) is 0 Å². The van der Waals surface area contributed by atoms with E-state index in [9.17, 15) is 30.6 Å². The molecule has 1 heterocycles. The average Bonchev–Trinajstić information content (AvgIpc) is 2.55. The topological polar surface area (TPSA) is 160 Å². The summed E-state index contributed by atoms with van der Waals surface area (Å²) in [6.07, 6.45) is -8.68. The Morgan fingerprint density at radius 2 is 1.76 bits per heavy atom. The summed E-state index contributed by atoms with van der Waals surface area (Å²) in [5.41, 5.74) is -0.911. The van der Waals surface area contributed by atoms with Gasteiger partial charge in [-0.05, 0) is 32.3 Å². The minimum Gasteiger partial charge on any atom is -0.394 e. The molecule has 0 aromatic heterocycles. The fourth-order valence-electron chi connectivity index (χ4n) is 2.35. The van der Waals surface area contributed by atoms with E-state index in [0.717, 1.165) is 0 Å². The van der Waals surface area contributed by atoms with Crippen molar-refractivity contribution in [1.29, 1.82) is 0 Å². The number of aliphatic hydroxyl groups is 7. The smallest absolute Gasteiger partial charge is 0.186 e. The van der Waals surface area contributed by atoms with E-state index in [1.165, 1.54) is 13.8 Å². The van der Waals surface area contributed by atoms with Crippen LogP contribution in [-0.2, 0) is 9.47 Å². The molecule has 7 N–H and O–H groups in total. The molecule has 25 heavy (non-hydrogen) atoms. The molecular formula is C16H30O9. The molecule has 0 aromatic rings. The van der Waals surface area contributed by atoms with Gasteiger partial charge in [0.25, 0.3) is 0 Å². The molecule has 1 rings (SSSR count). The van der Waals surface area contributed by atoms with Gasteiger partial charge in [0.2, 0.25) is 0 Å². The number of aliphatic hydroxyl groups excluding tert-OH is 6. The molecule has 0 bridgehead atoms. The van der Waals surface area contributed by atoms with Crippen molar-refractivity contribution < 1.29 is 45.2 Å². The van der Waals surface area contributed by atoms with Crippen LogP contribution in [0.4, 0.5) is 0 Å². The molecule has 0 saturated carbocycles. The highest BCUT2D eigenvalue weighted by Crippen LogP contribution is 2.23. The zero-order valence-electron chi connectivity index (χ0n) is 14.5. The summed E-state index contributed by atoms with van der Waals surface area (Å²) in [6.45, 7) is 5.76. The predicted molar refractivity (Wildman–Crippen MR) is 86.4 cm³/mol. The van der Waals surface area contributed by atoms with Gasteiger partial charge < -0.3 is 45.2 Å². The van der Waals surface area contributed by atoms with E-state index in [2.05, 4.69) is 6.58 Å². The first-order chi connectivity index (χ1) is 11.5. The maximum Gasteiger partial charge on any atom is 0.186 e. The third kappa shape index (κ3) is 6.24. The van der Waals surface area contributed by atoms with Crippen molar-refractivity contribution in [1.82, 2.24) is 0 Å². The van der Waals surface area contributed by atoms with E-state index in [4.69, 9.17) is 14.6 Å². The van der Waals surface area contributed by atoms with Crippen molar-refractivity contribution in [3.8, 4) is 0 Å². The van der Waals surface area contributed by atoms with Crippen LogP contribution in [0.5, 0.6) is 0 Å². The standard InChI is InChI=1S/C16H30O9/c1-8(4-5-11(19)16(2,3)23)9(18)7-24-15-14(22)13(21)12(20)10(6-17)25-15/h9-15,17-23H,1,4-7H2,2-3H3/t9?,10-,11?,12-,13+,14-,15-/m0/s1. The largest absolute Gasteiger partial charge is 0.394 e. The summed E-state index contributed by atoms with van der Waals surface area (Å²) in [4.78, 5) is 0. The summed E-state index contributed by atoms with van der Waals surface area (Å²) in [6, 6.07) is 0. The lowest BCUT2D eigenvalue weighted by molar-refractivity contribution is -0.303. The highest BCUT2D eigenvalue weighted by atomic mass is 16.7. The molecule has 0 spiro atoms. The van der Waals surface area contributed by atoms with E-state index in [-0.39, 0.29) is 19.4 Å². The number of rotatable bonds is 9. The molecule has 7 atom stereocenters. The van der Waals surface area contributed by atoms with Gasteiger partial charge in [0.1, 0.15) is 24.4 Å². The second kappa shape index (κ2) is 9.36. The zero-order chi connectivity index (χ0) is 19.4. The van der Waals surface area contributed by atoms with Crippen molar-refractivity contribution >= 4 is 0 Å². The van der Waals surface area contributed by atoms with E-state index < -0.39 is 55.1 Å². The maximum atomic E-state index is 10.0. The van der Waals surface area contributed by atoms with Crippen LogP contribution in [-0.4, -0.2) is 97.5 Å². The van der Waals surface area contributed by atoms with Gasteiger partial charge in [-0.3, -0.25) is 0 Å². The molecule has 0 radical (unpaired) electrons. The summed E-state index contributed by atoms with van der Waals surface area (Å²) in [7, 11) is 0. The fourth-order valence-corrected chi connectivity index (χ4v) is 2.35. The maximum absolute atomic E-state index is 10.0. The predicted octanol–water partition coefficient (Wildman–Crippen LogP) is -2.37. The Morgan fingerprint density at radius 3 is 2.28 bits per heavy atom. The third-order valence-electron chi connectivity index (χ3n) is 4.29. The van der Waals surface area contributed by atoms with Crippen LogP contribution >= 0.6 is 0 Å². The van der Waals surface area contributed by atoms with Crippen molar-refractivity contribution in [2.45, 2.75) is 75.2 Å². The Morgan fingerprint density at radius 1 is 1.16 bits per heavy atom. The molecule has 1 fully saturated rings. The quantitative estimate of drug-likeness (QED) is 0.221. The SMILES string of the molecule is C=C(CCC(O)C(C)(C)O)C(O)CO[C@H]1O[C@@H](CO)[C@H](O)[C@@H](O)[C@@H]1O. The monoisotopic (exact) mass is 366 g/mol. The van der Waals surface area contributed by atoms with Crippen LogP contribution in [0.1, 0.15) is 26.7 Å². The van der Waals surface area contributed by atoms with Crippen molar-refractivity contribution in [3.63, 3.8) is 0 Å². The lowest BCUT2D eigenvalue weighted by Crippen LogP contribution is -2.59. The fraction of sp³-hybridized carbons (Fsp3) is 0.875. The molecule has 0 aliphatic carbocycles. The van der Waals surface area contributed by atoms with Gasteiger partial charge in [0.15, 0.2) is 6.29 Å². The van der Waals surface area contributed by atoms with Gasteiger partial charge in [-0.25, -0.2) is 0 Å². The van der Waals surface area contributed by atoms with Crippen molar-refractivity contribution in [3.05, 3.63) is 12.2 Å². The lowest BCUT2D eigenvalue weighted by Gasteiger charge is -2.39. The molecule has 9 heteroatoms. The van der Waals surface area contributed by atoms with E-state index >= 15 is 0 Å². The van der Waals surface area contributed by atoms with E-state index in [1.54, 1.807) is 0 Å². The zero-order valence-corrected chi connectivity index (χ0v) is 14.5. The van der Waals surface area contributed by atoms with Crippen LogP contribution < -0.4 is 0 Å². The van der Waals surface area contributed by atoms with Gasteiger partial charge in [0.05, 0.1) is 31.0 Å². The van der Waals surface area contributed by atoms with Crippen LogP contribution in [0.25, 0.3) is 0 Å². The molecule has 1 aliphatic rings. The number of hydrogen-bond acceptors (Lipinski definition) is 9. The highest BCUT2D eigenvalue weighted by Gasteiger charge is 2.44. The minimum atomic E-state index is -1.56. The minimum absolute atomic E-state index is 0.194. The number of ether oxygens (including phenoxy) is 2. The van der Waals surface area contributed by atoms with E-state index in [0.29, 0.717) is 5.57 Å². The van der Waals surface area contributed by atoms with Gasteiger partial charge in [-0.1, -0.05) is 6.58 Å². The lowest BCUT2D eigenvalue weighted by atomic mass is 9.94. The van der Waals surface area contributed by atoms with Gasteiger partial charge in [-0.2, -0.15) is 0 Å². The van der Waals surface area contributed by atoms with Crippen LogP contribution in [0.3, 0.4) is 0 Å². The molecule has 148 valence electrons. The van der Waals surface area contributed by atoms with Crippen LogP contribution in [0.2, 0.25) is 0 Å². The summed E-state index contributed by atoms with van der Waals surface area (Å²) in [5.74, 6) is 0. The van der Waals surface area contributed by atoms with Crippen LogP contribution in [0.15, 0.2) is 12.2 Å². The summed E-state index contributed by atoms with van der Waals surface area (Å²) < 4.78 is 10.4. The molecular weight excluding hydrogens is 336 g/mol. The normalized spacial score (nSPS) is 33.1. The number of hydrogen-bond donors (Lipinski definition) is 7. The average molecular weight is 366 g/mol. The molecule has 0 aromatic carbocycles. The Labute approximate surface area is 146 Å². The molecule has 1 saturated heterocycles. The Kier molecular flexibility index (Phi) is 8.39. The van der Waals surface area contributed by atoms with Gasteiger partial charge in [-0.15, -0.1) is 0 Å². The molecule has 9 nitrogen and oxygen atoms in total. The van der Waals surface area contributed by atoms with Crippen LogP contribution in [0, 0.1) is 0 Å². The molecule has 0 amide bonds. The van der Waals surface area contributed by atoms with Crippen molar-refractivity contribution in [2.24, 2.45) is 0 Å². The molecule has 1 aliphatic heterocycles. The first kappa shape index (κ1) is 22.4. The Hall–Kier alpha value is -0.620. The first-order valence-electron chi connectivity index (χ1n) is 8.17. The van der Waals surface area contributed by atoms with Crippen molar-refractivity contribution in [2.75, 3.05) is 13.2 Å². The third-order valence-corrected chi connectivity index (χ3v) is 4.29. The second-order valence-corrected chi connectivity index (χ2v) is 6.91. The summed E-state index contributed by atoms with van der Waals surface area (Å²) >= 11 is 0.